The summed E-state index contributed by atoms with van der Waals surface area (Å²) in [6.45, 7) is 4.21. The number of rotatable bonds is 3. The molecule has 0 bridgehead atoms. The van der Waals surface area contributed by atoms with Crippen LogP contribution in [0.5, 0.6) is 0 Å². The van der Waals surface area contributed by atoms with Crippen LogP contribution in [0.3, 0.4) is 0 Å². The quantitative estimate of drug-likeness (QED) is 0.876. The number of nitrogens with zero attached hydrogens (tertiary/aromatic N) is 4. The predicted octanol–water partition coefficient (Wildman–Crippen LogP) is 2.05. The smallest absolute Gasteiger partial charge is 0.184 e. The van der Waals surface area contributed by atoms with Gasteiger partial charge in [0.1, 0.15) is 5.82 Å². The summed E-state index contributed by atoms with van der Waals surface area (Å²) in [4.78, 5) is 0. The van der Waals surface area contributed by atoms with E-state index in [1.54, 1.807) is 11.8 Å². The fourth-order valence-electron chi connectivity index (χ4n) is 2.98. The van der Waals surface area contributed by atoms with E-state index in [9.17, 15) is 4.39 Å². The highest BCUT2D eigenvalue weighted by Crippen LogP contribution is 2.51. The van der Waals surface area contributed by atoms with Crippen molar-refractivity contribution >= 4 is 5.69 Å². The highest BCUT2D eigenvalue weighted by atomic mass is 19.1. The Morgan fingerprint density at radius 2 is 2.19 bits per heavy atom. The SMILES string of the molecule is COC1CC(n2nnnc2-c2cc(F)ccc2N)C1(C)C. The highest BCUT2D eigenvalue weighted by Gasteiger charge is 2.51. The van der Waals surface area contributed by atoms with Gasteiger partial charge >= 0.3 is 0 Å². The summed E-state index contributed by atoms with van der Waals surface area (Å²) >= 11 is 0. The molecule has 1 fully saturated rings. The number of methoxy groups -OCH3 is 1. The van der Waals surface area contributed by atoms with Crippen LogP contribution in [0, 0.1) is 11.2 Å². The lowest BCUT2D eigenvalue weighted by Gasteiger charge is -2.50. The van der Waals surface area contributed by atoms with Crippen LogP contribution in [-0.4, -0.2) is 33.4 Å². The van der Waals surface area contributed by atoms with Crippen molar-refractivity contribution in [2.75, 3.05) is 12.8 Å². The maximum atomic E-state index is 13.5. The van der Waals surface area contributed by atoms with Gasteiger partial charge < -0.3 is 10.5 Å². The first-order valence-corrected chi connectivity index (χ1v) is 6.81. The Kier molecular flexibility index (Phi) is 3.16. The van der Waals surface area contributed by atoms with Crippen molar-refractivity contribution in [3.63, 3.8) is 0 Å². The maximum absolute atomic E-state index is 13.5. The lowest BCUT2D eigenvalue weighted by Crippen LogP contribution is -2.51. The normalized spacial score (nSPS) is 23.8. The van der Waals surface area contributed by atoms with E-state index >= 15 is 0 Å². The van der Waals surface area contributed by atoms with Crippen LogP contribution < -0.4 is 5.73 Å². The summed E-state index contributed by atoms with van der Waals surface area (Å²) in [6, 6.07) is 4.29. The van der Waals surface area contributed by atoms with Crippen LogP contribution in [0.2, 0.25) is 0 Å². The largest absolute Gasteiger partial charge is 0.398 e. The predicted molar refractivity (Wildman–Crippen MR) is 75.9 cm³/mol. The molecule has 0 saturated heterocycles. The maximum Gasteiger partial charge on any atom is 0.184 e. The molecule has 1 aliphatic rings. The Morgan fingerprint density at radius 3 is 2.86 bits per heavy atom. The Labute approximate surface area is 122 Å². The first kappa shape index (κ1) is 13.9. The summed E-state index contributed by atoms with van der Waals surface area (Å²) < 4.78 is 20.7. The summed E-state index contributed by atoms with van der Waals surface area (Å²) in [5.41, 5.74) is 6.80. The number of ether oxygens (including phenoxy) is 1. The molecule has 1 aliphatic carbocycles. The van der Waals surface area contributed by atoms with Crippen molar-refractivity contribution in [2.45, 2.75) is 32.4 Å². The average molecular weight is 291 g/mol. The minimum absolute atomic E-state index is 0.0927. The molecule has 6 nitrogen and oxygen atoms in total. The van der Waals surface area contributed by atoms with Crippen molar-refractivity contribution in [1.82, 2.24) is 20.2 Å². The molecule has 1 heterocycles. The van der Waals surface area contributed by atoms with Gasteiger partial charge in [0.05, 0.1) is 12.1 Å². The molecule has 1 aromatic heterocycles. The summed E-state index contributed by atoms with van der Waals surface area (Å²) in [5.74, 6) is 0.121. The van der Waals surface area contributed by atoms with E-state index in [-0.39, 0.29) is 23.4 Å². The number of nitrogen functional groups attached to an aromatic ring is 1. The Morgan fingerprint density at radius 1 is 1.43 bits per heavy atom. The molecular formula is C14H18FN5O. The Hall–Kier alpha value is -2.02. The monoisotopic (exact) mass is 291 g/mol. The molecule has 1 saturated carbocycles. The van der Waals surface area contributed by atoms with Crippen LogP contribution in [0.15, 0.2) is 18.2 Å². The standard InChI is InChI=1S/C14H18FN5O/c1-14(2)11(7-12(14)21-3)20-13(17-18-19-20)9-6-8(15)4-5-10(9)16/h4-6,11-12H,7,16H2,1-3H3. The fraction of sp³-hybridized carbons (Fsp3) is 0.500. The minimum Gasteiger partial charge on any atom is -0.398 e. The number of benzene rings is 1. The van der Waals surface area contributed by atoms with Crippen LogP contribution in [0.25, 0.3) is 11.4 Å². The van der Waals surface area contributed by atoms with Gasteiger partial charge in [-0.2, -0.15) is 0 Å². The second-order valence-electron chi connectivity index (χ2n) is 5.98. The number of tetrazole rings is 1. The number of aromatic nitrogens is 4. The third-order valence-corrected chi connectivity index (χ3v) is 4.45. The Bertz CT molecular complexity index is 669. The molecule has 2 N–H and O–H groups in total. The van der Waals surface area contributed by atoms with Gasteiger partial charge in [-0.05, 0) is 35.0 Å². The Balaban J connectivity index is 2.01. The van der Waals surface area contributed by atoms with Gasteiger partial charge in [0, 0.05) is 23.8 Å². The van der Waals surface area contributed by atoms with Gasteiger partial charge in [-0.3, -0.25) is 0 Å². The third-order valence-electron chi connectivity index (χ3n) is 4.45. The van der Waals surface area contributed by atoms with Gasteiger partial charge in [0.2, 0.25) is 0 Å². The van der Waals surface area contributed by atoms with E-state index in [0.717, 1.165) is 6.42 Å². The van der Waals surface area contributed by atoms with Crippen LogP contribution >= 0.6 is 0 Å². The van der Waals surface area contributed by atoms with Crippen LogP contribution in [-0.2, 0) is 4.74 Å². The van der Waals surface area contributed by atoms with E-state index in [1.165, 1.54) is 18.2 Å². The van der Waals surface area contributed by atoms with E-state index < -0.39 is 0 Å². The topological polar surface area (TPSA) is 78.8 Å². The number of anilines is 1. The van der Waals surface area contributed by atoms with Gasteiger partial charge in [-0.1, -0.05) is 13.8 Å². The van der Waals surface area contributed by atoms with Crippen molar-refractivity contribution in [3.8, 4) is 11.4 Å². The molecule has 3 rings (SSSR count). The summed E-state index contributed by atoms with van der Waals surface area (Å²) in [6.07, 6.45) is 0.973. The molecule has 0 amide bonds. The zero-order valence-corrected chi connectivity index (χ0v) is 12.2. The van der Waals surface area contributed by atoms with Gasteiger partial charge in [-0.15, -0.1) is 5.10 Å². The number of hydrogen-bond acceptors (Lipinski definition) is 5. The lowest BCUT2D eigenvalue weighted by molar-refractivity contribution is -0.116. The second kappa shape index (κ2) is 4.77. The van der Waals surface area contributed by atoms with Crippen molar-refractivity contribution in [2.24, 2.45) is 5.41 Å². The number of nitrogens with two attached hydrogens (primary N) is 1. The fourth-order valence-corrected chi connectivity index (χ4v) is 2.98. The molecule has 0 spiro atoms. The van der Waals surface area contributed by atoms with Gasteiger partial charge in [0.15, 0.2) is 5.82 Å². The molecule has 0 radical (unpaired) electrons. The third kappa shape index (κ3) is 2.08. The van der Waals surface area contributed by atoms with Crippen LogP contribution in [0.4, 0.5) is 10.1 Å². The lowest BCUT2D eigenvalue weighted by atomic mass is 9.64. The zero-order chi connectivity index (χ0) is 15.2. The molecule has 0 aliphatic heterocycles. The van der Waals surface area contributed by atoms with Gasteiger partial charge in [0.25, 0.3) is 0 Å². The average Bonchev–Trinajstić information content (AvgIpc) is 2.89. The van der Waals surface area contributed by atoms with Crippen molar-refractivity contribution in [3.05, 3.63) is 24.0 Å². The van der Waals surface area contributed by atoms with Crippen LogP contribution in [0.1, 0.15) is 26.3 Å². The molecule has 2 aromatic rings. The number of hydrogen-bond donors (Lipinski definition) is 1. The van der Waals surface area contributed by atoms with E-state index in [2.05, 4.69) is 29.4 Å². The number of halogens is 1. The van der Waals surface area contributed by atoms with Crippen molar-refractivity contribution in [1.29, 1.82) is 0 Å². The van der Waals surface area contributed by atoms with Gasteiger partial charge in [-0.25, -0.2) is 9.07 Å². The molecular weight excluding hydrogens is 273 g/mol. The molecule has 7 heteroatoms. The van der Waals surface area contributed by atoms with E-state index in [4.69, 9.17) is 10.5 Å². The summed E-state index contributed by atoms with van der Waals surface area (Å²) in [5, 5.41) is 11.8. The second-order valence-corrected chi connectivity index (χ2v) is 5.98. The first-order valence-electron chi connectivity index (χ1n) is 6.81. The molecule has 2 atom stereocenters. The molecule has 2 unspecified atom stereocenters. The van der Waals surface area contributed by atoms with E-state index in [1.807, 2.05) is 0 Å². The van der Waals surface area contributed by atoms with Crippen molar-refractivity contribution < 1.29 is 9.13 Å². The zero-order valence-electron chi connectivity index (χ0n) is 12.2. The highest BCUT2D eigenvalue weighted by molar-refractivity contribution is 5.71. The summed E-state index contributed by atoms with van der Waals surface area (Å²) in [7, 11) is 1.70. The molecule has 21 heavy (non-hydrogen) atoms. The van der Waals surface area contributed by atoms with E-state index in [0.29, 0.717) is 17.1 Å². The molecule has 1 aromatic carbocycles. The minimum atomic E-state index is -0.364. The molecule has 112 valence electrons. The first-order chi connectivity index (χ1) is 9.95.